The van der Waals surface area contributed by atoms with Gasteiger partial charge in [-0.15, -0.1) is 0 Å². The molecule has 2 fully saturated rings. The van der Waals surface area contributed by atoms with E-state index < -0.39 is 0 Å². The van der Waals surface area contributed by atoms with Gasteiger partial charge in [0, 0.05) is 19.1 Å². The zero-order valence-corrected chi connectivity index (χ0v) is 8.63. The van der Waals surface area contributed by atoms with Gasteiger partial charge in [0.15, 0.2) is 0 Å². The van der Waals surface area contributed by atoms with E-state index in [9.17, 15) is 0 Å². The summed E-state index contributed by atoms with van der Waals surface area (Å²) in [5, 5.41) is 9.15. The second-order valence-electron chi connectivity index (χ2n) is 4.86. The van der Waals surface area contributed by atoms with Gasteiger partial charge in [-0.05, 0) is 24.7 Å². The van der Waals surface area contributed by atoms with Crippen LogP contribution in [0, 0.1) is 5.41 Å². The molecule has 0 bridgehead atoms. The third kappa shape index (κ3) is 1.62. The van der Waals surface area contributed by atoms with E-state index in [4.69, 9.17) is 5.11 Å². The third-order valence-electron chi connectivity index (χ3n) is 3.94. The molecule has 1 atom stereocenters. The maximum atomic E-state index is 9.15. The molecule has 0 unspecified atom stereocenters. The summed E-state index contributed by atoms with van der Waals surface area (Å²) in [5.41, 5.74) is 0.683. The summed E-state index contributed by atoms with van der Waals surface area (Å²) < 4.78 is 0. The quantitative estimate of drug-likeness (QED) is 0.719. The maximum absolute atomic E-state index is 9.15. The van der Waals surface area contributed by atoms with E-state index in [1.54, 1.807) is 0 Å². The molecule has 0 amide bonds. The highest BCUT2D eigenvalue weighted by Crippen LogP contribution is 2.46. The molecule has 1 saturated carbocycles. The van der Waals surface area contributed by atoms with Gasteiger partial charge < -0.3 is 5.11 Å². The Balaban J connectivity index is 1.82. The molecule has 2 nitrogen and oxygen atoms in total. The number of rotatable bonds is 3. The average Bonchev–Trinajstić information content (AvgIpc) is 2.54. The lowest BCUT2D eigenvalue weighted by Crippen LogP contribution is -2.59. The topological polar surface area (TPSA) is 23.5 Å². The van der Waals surface area contributed by atoms with Gasteiger partial charge in [-0.3, -0.25) is 4.90 Å². The van der Waals surface area contributed by atoms with Crippen molar-refractivity contribution in [1.29, 1.82) is 0 Å². The first-order chi connectivity index (χ1) is 6.29. The summed E-state index contributed by atoms with van der Waals surface area (Å²) in [6.45, 7) is 5.02. The number of nitrogens with zero attached hydrogens (tertiary/aromatic N) is 1. The van der Waals surface area contributed by atoms with Gasteiger partial charge in [-0.25, -0.2) is 0 Å². The lowest BCUT2D eigenvalue weighted by Gasteiger charge is -2.51. The predicted molar refractivity (Wildman–Crippen MR) is 53.6 cm³/mol. The van der Waals surface area contributed by atoms with Crippen molar-refractivity contribution in [3.05, 3.63) is 0 Å². The van der Waals surface area contributed by atoms with Crippen LogP contribution in [0.1, 0.15) is 39.0 Å². The standard InChI is InChI=1S/C11H21NO/c1-2-10(7-13)12-8-11(9-12)5-3-4-6-11/h10,13H,2-9H2,1H3/t10-/m0/s1. The van der Waals surface area contributed by atoms with Crippen LogP contribution in [-0.4, -0.2) is 35.7 Å². The average molecular weight is 183 g/mol. The highest BCUT2D eigenvalue weighted by atomic mass is 16.3. The number of hydrogen-bond donors (Lipinski definition) is 1. The smallest absolute Gasteiger partial charge is 0.0586 e. The maximum Gasteiger partial charge on any atom is 0.0586 e. The Kier molecular flexibility index (Phi) is 2.61. The van der Waals surface area contributed by atoms with Crippen molar-refractivity contribution in [1.82, 2.24) is 4.90 Å². The van der Waals surface area contributed by atoms with E-state index in [-0.39, 0.29) is 0 Å². The van der Waals surface area contributed by atoms with Crippen LogP contribution < -0.4 is 0 Å². The Morgan fingerprint density at radius 3 is 2.38 bits per heavy atom. The van der Waals surface area contributed by atoms with Crippen LogP contribution in [0.15, 0.2) is 0 Å². The Bertz CT molecular complexity index is 163. The molecule has 1 aliphatic heterocycles. The monoisotopic (exact) mass is 183 g/mol. The number of hydrogen-bond acceptors (Lipinski definition) is 2. The fourth-order valence-electron chi connectivity index (χ4n) is 3.02. The molecule has 0 aromatic rings. The third-order valence-corrected chi connectivity index (χ3v) is 3.94. The molecular formula is C11H21NO. The summed E-state index contributed by atoms with van der Waals surface area (Å²) >= 11 is 0. The first-order valence-electron chi connectivity index (χ1n) is 5.64. The minimum absolute atomic E-state index is 0.340. The molecule has 13 heavy (non-hydrogen) atoms. The second kappa shape index (κ2) is 3.58. The van der Waals surface area contributed by atoms with Crippen LogP contribution in [0.3, 0.4) is 0 Å². The Labute approximate surface area is 80.9 Å². The molecule has 2 heteroatoms. The largest absolute Gasteiger partial charge is 0.395 e. The lowest BCUT2D eigenvalue weighted by atomic mass is 9.77. The molecular weight excluding hydrogens is 162 g/mol. The van der Waals surface area contributed by atoms with E-state index in [1.165, 1.54) is 38.8 Å². The predicted octanol–water partition coefficient (Wildman–Crippen LogP) is 1.63. The Morgan fingerprint density at radius 1 is 1.31 bits per heavy atom. The summed E-state index contributed by atoms with van der Waals surface area (Å²) in [6.07, 6.45) is 6.83. The minimum Gasteiger partial charge on any atom is -0.395 e. The van der Waals surface area contributed by atoms with Gasteiger partial charge >= 0.3 is 0 Å². The summed E-state index contributed by atoms with van der Waals surface area (Å²) in [6, 6.07) is 0.436. The zero-order chi connectivity index (χ0) is 9.31. The van der Waals surface area contributed by atoms with Gasteiger partial charge in [0.05, 0.1) is 6.61 Å². The molecule has 1 spiro atoms. The molecule has 0 aromatic carbocycles. The molecule has 2 rings (SSSR count). The van der Waals surface area contributed by atoms with Gasteiger partial charge in [0.25, 0.3) is 0 Å². The fraction of sp³-hybridized carbons (Fsp3) is 1.00. The highest BCUT2D eigenvalue weighted by Gasteiger charge is 2.46. The van der Waals surface area contributed by atoms with Gasteiger partial charge in [0.1, 0.15) is 0 Å². The highest BCUT2D eigenvalue weighted by molar-refractivity contribution is 4.99. The van der Waals surface area contributed by atoms with Crippen molar-refractivity contribution in [3.63, 3.8) is 0 Å². The number of likely N-dealkylation sites (tertiary alicyclic amines) is 1. The minimum atomic E-state index is 0.340. The molecule has 0 radical (unpaired) electrons. The van der Waals surface area contributed by atoms with E-state index >= 15 is 0 Å². The SMILES string of the molecule is CC[C@@H](CO)N1CC2(CCCC2)C1. The van der Waals surface area contributed by atoms with Crippen LogP contribution in [-0.2, 0) is 0 Å². The van der Waals surface area contributed by atoms with Crippen molar-refractivity contribution in [2.75, 3.05) is 19.7 Å². The van der Waals surface area contributed by atoms with Crippen LogP contribution in [0.4, 0.5) is 0 Å². The van der Waals surface area contributed by atoms with Crippen LogP contribution >= 0.6 is 0 Å². The van der Waals surface area contributed by atoms with E-state index in [2.05, 4.69) is 11.8 Å². The van der Waals surface area contributed by atoms with Crippen molar-refractivity contribution in [3.8, 4) is 0 Å². The van der Waals surface area contributed by atoms with Crippen LogP contribution in [0.5, 0.6) is 0 Å². The number of aliphatic hydroxyl groups excluding tert-OH is 1. The van der Waals surface area contributed by atoms with Crippen molar-refractivity contribution in [2.45, 2.75) is 45.1 Å². The van der Waals surface area contributed by atoms with Gasteiger partial charge in [-0.1, -0.05) is 19.8 Å². The normalized spacial score (nSPS) is 29.1. The van der Waals surface area contributed by atoms with E-state index in [0.717, 1.165) is 6.42 Å². The molecule has 76 valence electrons. The Morgan fingerprint density at radius 2 is 1.92 bits per heavy atom. The Hall–Kier alpha value is -0.0800. The molecule has 1 saturated heterocycles. The lowest BCUT2D eigenvalue weighted by molar-refractivity contribution is -0.0429. The number of aliphatic hydroxyl groups is 1. The summed E-state index contributed by atoms with van der Waals surface area (Å²) in [5.74, 6) is 0. The molecule has 0 aromatic heterocycles. The van der Waals surface area contributed by atoms with Crippen molar-refractivity contribution < 1.29 is 5.11 Å². The van der Waals surface area contributed by atoms with E-state index in [0.29, 0.717) is 18.1 Å². The fourth-order valence-corrected chi connectivity index (χ4v) is 3.02. The van der Waals surface area contributed by atoms with Gasteiger partial charge in [-0.2, -0.15) is 0 Å². The molecule has 1 N–H and O–H groups in total. The first kappa shape index (κ1) is 9.47. The van der Waals surface area contributed by atoms with Crippen molar-refractivity contribution >= 4 is 0 Å². The van der Waals surface area contributed by atoms with Gasteiger partial charge in [0.2, 0.25) is 0 Å². The first-order valence-corrected chi connectivity index (χ1v) is 5.64. The molecule has 1 heterocycles. The van der Waals surface area contributed by atoms with Crippen molar-refractivity contribution in [2.24, 2.45) is 5.41 Å². The van der Waals surface area contributed by atoms with Crippen LogP contribution in [0.25, 0.3) is 0 Å². The van der Waals surface area contributed by atoms with Crippen LogP contribution in [0.2, 0.25) is 0 Å². The molecule has 1 aliphatic carbocycles. The second-order valence-corrected chi connectivity index (χ2v) is 4.86. The summed E-state index contributed by atoms with van der Waals surface area (Å²) in [4.78, 5) is 2.46. The molecule has 2 aliphatic rings. The summed E-state index contributed by atoms with van der Waals surface area (Å²) in [7, 11) is 0. The zero-order valence-electron chi connectivity index (χ0n) is 8.63. The van der Waals surface area contributed by atoms with E-state index in [1.807, 2.05) is 0 Å².